The second kappa shape index (κ2) is 6.74. The van der Waals surface area contributed by atoms with Crippen molar-refractivity contribution in [2.24, 2.45) is 27.2 Å². The predicted octanol–water partition coefficient (Wildman–Crippen LogP) is 0.117. The molecule has 7 N–H and O–H groups in total. The number of aryl methyl sites for hydroxylation is 1. The highest BCUT2D eigenvalue weighted by molar-refractivity contribution is 5.93. The average Bonchev–Trinajstić information content (AvgIpc) is 3.21. The zero-order chi connectivity index (χ0) is 15.2. The molecule has 0 spiro atoms. The Morgan fingerprint density at radius 1 is 1.19 bits per heavy atom. The first-order valence-electron chi connectivity index (χ1n) is 6.85. The molecule has 1 aliphatic rings. The third kappa shape index (κ3) is 5.52. The molecule has 0 unspecified atom stereocenters. The minimum Gasteiger partial charge on any atom is -0.370 e. The van der Waals surface area contributed by atoms with Crippen molar-refractivity contribution in [1.29, 1.82) is 0 Å². The molecule has 112 valence electrons. The number of carbonyl (C=O) groups is 1. The van der Waals surface area contributed by atoms with Crippen LogP contribution >= 0.6 is 0 Å². The fraction of sp³-hybridized carbons (Fsp3) is 0.357. The zero-order valence-corrected chi connectivity index (χ0v) is 11.7. The SMILES string of the molecule is NC(N)=NC(N)=Nc1ccc(CCC(=O)NC2CC2)cc1. The Kier molecular flexibility index (Phi) is 4.76. The smallest absolute Gasteiger partial charge is 0.223 e. The summed E-state index contributed by atoms with van der Waals surface area (Å²) < 4.78 is 0. The van der Waals surface area contributed by atoms with Crippen LogP contribution in [0.1, 0.15) is 24.8 Å². The largest absolute Gasteiger partial charge is 0.370 e. The lowest BCUT2D eigenvalue weighted by Gasteiger charge is -2.04. The van der Waals surface area contributed by atoms with E-state index in [1.165, 1.54) is 0 Å². The van der Waals surface area contributed by atoms with E-state index in [4.69, 9.17) is 17.2 Å². The Balaban J connectivity index is 1.86. The monoisotopic (exact) mass is 288 g/mol. The van der Waals surface area contributed by atoms with E-state index in [2.05, 4.69) is 15.3 Å². The van der Waals surface area contributed by atoms with Gasteiger partial charge in [0.2, 0.25) is 11.9 Å². The molecule has 0 heterocycles. The van der Waals surface area contributed by atoms with Crippen LogP contribution < -0.4 is 22.5 Å². The number of hydrogen-bond donors (Lipinski definition) is 4. The molecule has 0 radical (unpaired) electrons. The van der Waals surface area contributed by atoms with Gasteiger partial charge in [-0.2, -0.15) is 4.99 Å². The molecule has 1 fully saturated rings. The van der Waals surface area contributed by atoms with Crippen molar-refractivity contribution in [3.05, 3.63) is 29.8 Å². The number of rotatable bonds is 5. The van der Waals surface area contributed by atoms with E-state index in [1.807, 2.05) is 24.3 Å². The van der Waals surface area contributed by atoms with Crippen LogP contribution in [0.3, 0.4) is 0 Å². The standard InChI is InChI=1S/C14H20N6O/c15-13(16)20-14(17)19-11-4-1-9(2-5-11)3-8-12(21)18-10-6-7-10/h1-2,4-5,10H,3,6-8H2,(H,18,21)(H6,15,16,17,19,20). The number of nitrogens with one attached hydrogen (secondary N) is 1. The first-order chi connectivity index (χ1) is 10.0. The van der Waals surface area contributed by atoms with Gasteiger partial charge in [0.25, 0.3) is 0 Å². The number of aliphatic imine (C=N–C) groups is 2. The molecular formula is C14H20N6O. The third-order valence-corrected chi connectivity index (χ3v) is 3.01. The molecule has 0 saturated heterocycles. The molecule has 1 amide bonds. The van der Waals surface area contributed by atoms with Gasteiger partial charge in [-0.15, -0.1) is 0 Å². The number of benzene rings is 1. The van der Waals surface area contributed by atoms with Gasteiger partial charge in [-0.3, -0.25) is 4.79 Å². The molecule has 7 heteroatoms. The first kappa shape index (κ1) is 14.8. The number of nitrogens with zero attached hydrogens (tertiary/aromatic N) is 2. The molecule has 1 aliphatic carbocycles. The van der Waals surface area contributed by atoms with E-state index in [9.17, 15) is 4.79 Å². The summed E-state index contributed by atoms with van der Waals surface area (Å²) in [5.74, 6) is -0.0160. The van der Waals surface area contributed by atoms with Crippen LogP contribution in [0.2, 0.25) is 0 Å². The Morgan fingerprint density at radius 3 is 2.43 bits per heavy atom. The van der Waals surface area contributed by atoms with Crippen LogP contribution in [0, 0.1) is 0 Å². The van der Waals surface area contributed by atoms with Crippen LogP contribution in [-0.2, 0) is 11.2 Å². The maximum Gasteiger partial charge on any atom is 0.223 e. The topological polar surface area (TPSA) is 132 Å². The lowest BCUT2D eigenvalue weighted by Crippen LogP contribution is -2.26. The lowest BCUT2D eigenvalue weighted by molar-refractivity contribution is -0.121. The molecular weight excluding hydrogens is 268 g/mol. The first-order valence-corrected chi connectivity index (χ1v) is 6.85. The number of guanidine groups is 2. The van der Waals surface area contributed by atoms with Crippen molar-refractivity contribution < 1.29 is 4.79 Å². The summed E-state index contributed by atoms with van der Waals surface area (Å²) in [7, 11) is 0. The van der Waals surface area contributed by atoms with Gasteiger partial charge in [0, 0.05) is 12.5 Å². The van der Waals surface area contributed by atoms with Crippen molar-refractivity contribution in [2.45, 2.75) is 31.7 Å². The summed E-state index contributed by atoms with van der Waals surface area (Å²) in [6.45, 7) is 0. The molecule has 2 rings (SSSR count). The zero-order valence-electron chi connectivity index (χ0n) is 11.7. The second-order valence-corrected chi connectivity index (χ2v) is 5.01. The Morgan fingerprint density at radius 2 is 1.86 bits per heavy atom. The van der Waals surface area contributed by atoms with Gasteiger partial charge in [-0.25, -0.2) is 4.99 Å². The minimum atomic E-state index is -0.130. The van der Waals surface area contributed by atoms with Crippen LogP contribution in [0.5, 0.6) is 0 Å². The molecule has 1 aromatic carbocycles. The average molecular weight is 288 g/mol. The summed E-state index contributed by atoms with van der Waals surface area (Å²) in [4.78, 5) is 19.3. The fourth-order valence-corrected chi connectivity index (χ4v) is 1.81. The molecule has 0 aromatic heterocycles. The summed E-state index contributed by atoms with van der Waals surface area (Å²) in [6.07, 6.45) is 3.41. The molecule has 1 aromatic rings. The highest BCUT2D eigenvalue weighted by atomic mass is 16.1. The molecule has 0 atom stereocenters. The van der Waals surface area contributed by atoms with Gasteiger partial charge in [0.1, 0.15) is 0 Å². The van der Waals surface area contributed by atoms with E-state index in [1.54, 1.807) is 0 Å². The van der Waals surface area contributed by atoms with E-state index < -0.39 is 0 Å². The van der Waals surface area contributed by atoms with Crippen LogP contribution in [0.25, 0.3) is 0 Å². The van der Waals surface area contributed by atoms with Crippen LogP contribution in [-0.4, -0.2) is 23.9 Å². The Bertz CT molecular complexity index is 555. The van der Waals surface area contributed by atoms with Crippen LogP contribution in [0.4, 0.5) is 5.69 Å². The van der Waals surface area contributed by atoms with Gasteiger partial charge in [-0.05, 0) is 37.0 Å². The summed E-state index contributed by atoms with van der Waals surface area (Å²) in [5, 5.41) is 2.96. The van der Waals surface area contributed by atoms with Gasteiger partial charge >= 0.3 is 0 Å². The highest BCUT2D eigenvalue weighted by Gasteiger charge is 2.22. The summed E-state index contributed by atoms with van der Waals surface area (Å²) in [5.41, 5.74) is 17.7. The maximum absolute atomic E-state index is 11.6. The summed E-state index contributed by atoms with van der Waals surface area (Å²) in [6, 6.07) is 7.84. The van der Waals surface area contributed by atoms with Gasteiger partial charge in [0.15, 0.2) is 5.96 Å². The normalized spacial score (nSPS) is 14.6. The number of amides is 1. The molecule has 0 aliphatic heterocycles. The van der Waals surface area contributed by atoms with Crippen molar-refractivity contribution in [1.82, 2.24) is 5.32 Å². The van der Waals surface area contributed by atoms with E-state index in [0.717, 1.165) is 18.4 Å². The summed E-state index contributed by atoms with van der Waals surface area (Å²) >= 11 is 0. The van der Waals surface area contributed by atoms with Gasteiger partial charge in [-0.1, -0.05) is 12.1 Å². The van der Waals surface area contributed by atoms with Crippen molar-refractivity contribution in [3.63, 3.8) is 0 Å². The number of nitrogens with two attached hydrogens (primary N) is 3. The van der Waals surface area contributed by atoms with E-state index in [0.29, 0.717) is 24.6 Å². The van der Waals surface area contributed by atoms with Crippen LogP contribution in [0.15, 0.2) is 34.3 Å². The van der Waals surface area contributed by atoms with E-state index >= 15 is 0 Å². The number of carbonyl (C=O) groups excluding carboxylic acids is 1. The Hall–Kier alpha value is -2.57. The molecule has 21 heavy (non-hydrogen) atoms. The van der Waals surface area contributed by atoms with Crippen molar-refractivity contribution >= 4 is 23.5 Å². The Labute approximate surface area is 123 Å². The van der Waals surface area contributed by atoms with Gasteiger partial charge in [0.05, 0.1) is 5.69 Å². The molecule has 1 saturated carbocycles. The van der Waals surface area contributed by atoms with E-state index in [-0.39, 0.29) is 17.8 Å². The second-order valence-electron chi connectivity index (χ2n) is 5.01. The van der Waals surface area contributed by atoms with Gasteiger partial charge < -0.3 is 22.5 Å². The number of hydrogen-bond acceptors (Lipinski definition) is 2. The van der Waals surface area contributed by atoms with Crippen molar-refractivity contribution in [2.75, 3.05) is 0 Å². The maximum atomic E-state index is 11.6. The highest BCUT2D eigenvalue weighted by Crippen LogP contribution is 2.19. The molecule has 0 bridgehead atoms. The fourth-order valence-electron chi connectivity index (χ4n) is 1.81. The predicted molar refractivity (Wildman–Crippen MR) is 83.0 cm³/mol. The minimum absolute atomic E-state index is 0.00608. The lowest BCUT2D eigenvalue weighted by atomic mass is 10.1. The van der Waals surface area contributed by atoms with Crippen molar-refractivity contribution in [3.8, 4) is 0 Å². The third-order valence-electron chi connectivity index (χ3n) is 3.01. The molecule has 7 nitrogen and oxygen atoms in total. The quantitative estimate of drug-likeness (QED) is 0.452.